The second-order valence-corrected chi connectivity index (χ2v) is 12.7. The molecule has 0 spiro atoms. The quantitative estimate of drug-likeness (QED) is 0.0898. The average Bonchev–Trinajstić information content (AvgIpc) is 3.03. The van der Waals surface area contributed by atoms with Gasteiger partial charge in [-0.15, -0.1) is 0 Å². The summed E-state index contributed by atoms with van der Waals surface area (Å²) in [5, 5.41) is 0. The zero-order valence-electron chi connectivity index (χ0n) is 27.4. The number of carbonyl (C=O) groups excluding carboxylic acids is 1. The third kappa shape index (κ3) is 14.0. The summed E-state index contributed by atoms with van der Waals surface area (Å²) in [7, 11) is 0. The molecule has 0 aromatic heterocycles. The molecule has 4 nitrogen and oxygen atoms in total. The Bertz CT molecular complexity index is 946. The lowest BCUT2D eigenvalue weighted by molar-refractivity contribution is -0.200. The smallest absolute Gasteiger partial charge is 0.309 e. The van der Waals surface area contributed by atoms with Gasteiger partial charge in [0.05, 0.1) is 25.7 Å². The lowest BCUT2D eigenvalue weighted by Gasteiger charge is -2.42. The van der Waals surface area contributed by atoms with Crippen molar-refractivity contribution in [2.24, 2.45) is 11.8 Å². The van der Waals surface area contributed by atoms with Crippen LogP contribution < -0.4 is 0 Å². The van der Waals surface area contributed by atoms with E-state index in [9.17, 15) is 4.79 Å². The number of carbonyl (C=O) groups is 1. The molecule has 43 heavy (non-hydrogen) atoms. The first-order valence-electron chi connectivity index (χ1n) is 17.7. The fourth-order valence-electron chi connectivity index (χ4n) is 6.51. The average molecular weight is 593 g/mol. The van der Waals surface area contributed by atoms with Crippen molar-refractivity contribution in [3.8, 4) is 0 Å². The lowest BCUT2D eigenvalue weighted by atomic mass is 9.76. The SMILES string of the molecule is CCCCCCCCCCCCC[C@H]1[C@H](OCc2ccccc2)[C@@H](COCc2ccccc2)OC(=O)[C@@H]1CCCCCC. The summed E-state index contributed by atoms with van der Waals surface area (Å²) in [5.41, 5.74) is 2.27. The number of hydrogen-bond donors (Lipinski definition) is 0. The van der Waals surface area contributed by atoms with Gasteiger partial charge in [0.25, 0.3) is 0 Å². The van der Waals surface area contributed by atoms with Crippen LogP contribution in [0.25, 0.3) is 0 Å². The number of esters is 1. The normalized spacial score (nSPS) is 20.3. The van der Waals surface area contributed by atoms with Crippen LogP contribution in [0.2, 0.25) is 0 Å². The maximum Gasteiger partial charge on any atom is 0.309 e. The second-order valence-electron chi connectivity index (χ2n) is 12.7. The molecule has 3 rings (SSSR count). The molecule has 0 bridgehead atoms. The molecule has 2 aromatic carbocycles. The highest BCUT2D eigenvalue weighted by Gasteiger charge is 2.46. The third-order valence-corrected chi connectivity index (χ3v) is 9.06. The molecule has 4 heteroatoms. The third-order valence-electron chi connectivity index (χ3n) is 9.06. The first-order chi connectivity index (χ1) is 21.2. The molecule has 240 valence electrons. The Morgan fingerprint density at radius 3 is 1.67 bits per heavy atom. The molecule has 0 amide bonds. The predicted octanol–water partition coefficient (Wildman–Crippen LogP) is 10.6. The van der Waals surface area contributed by atoms with E-state index in [1.807, 2.05) is 24.3 Å². The molecule has 0 unspecified atom stereocenters. The largest absolute Gasteiger partial charge is 0.457 e. The van der Waals surface area contributed by atoms with Gasteiger partial charge in [0.2, 0.25) is 0 Å². The zero-order valence-corrected chi connectivity index (χ0v) is 27.4. The Balaban J connectivity index is 1.60. The van der Waals surface area contributed by atoms with Gasteiger partial charge in [-0.25, -0.2) is 0 Å². The van der Waals surface area contributed by atoms with Crippen LogP contribution in [0.3, 0.4) is 0 Å². The highest BCUT2D eigenvalue weighted by molar-refractivity contribution is 5.74. The number of rotatable bonds is 24. The minimum Gasteiger partial charge on any atom is -0.457 e. The van der Waals surface area contributed by atoms with Crippen LogP contribution in [0.4, 0.5) is 0 Å². The van der Waals surface area contributed by atoms with Crippen LogP contribution in [0.1, 0.15) is 134 Å². The molecular formula is C39H60O4. The maximum atomic E-state index is 13.5. The van der Waals surface area contributed by atoms with Gasteiger partial charge in [-0.05, 0) is 24.0 Å². The van der Waals surface area contributed by atoms with Crippen molar-refractivity contribution in [2.75, 3.05) is 6.61 Å². The van der Waals surface area contributed by atoms with E-state index in [2.05, 4.69) is 50.2 Å². The minimum atomic E-state index is -0.385. The van der Waals surface area contributed by atoms with E-state index in [0.29, 0.717) is 19.8 Å². The van der Waals surface area contributed by atoms with Crippen LogP contribution in [0.5, 0.6) is 0 Å². The Morgan fingerprint density at radius 1 is 0.605 bits per heavy atom. The summed E-state index contributed by atoms with van der Waals surface area (Å²) in [4.78, 5) is 13.5. The first kappa shape index (κ1) is 35.3. The van der Waals surface area contributed by atoms with Gasteiger partial charge in [0.15, 0.2) is 6.10 Å². The minimum absolute atomic E-state index is 0.0440. The van der Waals surface area contributed by atoms with Crippen molar-refractivity contribution >= 4 is 5.97 Å². The lowest BCUT2D eigenvalue weighted by Crippen LogP contribution is -2.52. The molecule has 2 aromatic rings. The van der Waals surface area contributed by atoms with Crippen molar-refractivity contribution in [2.45, 2.75) is 148 Å². The zero-order chi connectivity index (χ0) is 30.4. The van der Waals surface area contributed by atoms with Gasteiger partial charge in [-0.3, -0.25) is 4.79 Å². The topological polar surface area (TPSA) is 44.8 Å². The van der Waals surface area contributed by atoms with E-state index >= 15 is 0 Å². The Kier molecular flexibility index (Phi) is 18.4. The summed E-state index contributed by atoms with van der Waals surface area (Å²) >= 11 is 0. The van der Waals surface area contributed by atoms with Crippen LogP contribution in [0, 0.1) is 11.8 Å². The van der Waals surface area contributed by atoms with Crippen LogP contribution in [-0.4, -0.2) is 24.8 Å². The van der Waals surface area contributed by atoms with Crippen molar-refractivity contribution in [3.63, 3.8) is 0 Å². The number of cyclic esters (lactones) is 1. The highest BCUT2D eigenvalue weighted by atomic mass is 16.6. The summed E-state index contributed by atoms with van der Waals surface area (Å²) in [5.74, 6) is 0.0269. The number of hydrogen-bond acceptors (Lipinski definition) is 4. The highest BCUT2D eigenvalue weighted by Crippen LogP contribution is 2.37. The van der Waals surface area contributed by atoms with Crippen LogP contribution in [0.15, 0.2) is 60.7 Å². The Labute approximate surface area is 263 Å². The predicted molar refractivity (Wildman–Crippen MR) is 178 cm³/mol. The molecule has 4 atom stereocenters. The number of benzene rings is 2. The van der Waals surface area contributed by atoms with Crippen LogP contribution >= 0.6 is 0 Å². The fraction of sp³-hybridized carbons (Fsp3) is 0.667. The van der Waals surface area contributed by atoms with E-state index < -0.39 is 0 Å². The summed E-state index contributed by atoms with van der Waals surface area (Å²) in [6.45, 7) is 5.90. The fourth-order valence-corrected chi connectivity index (χ4v) is 6.51. The standard InChI is InChI=1S/C39H60O4/c1-3-5-7-9-10-11-12-13-14-15-23-28-35-36(29-22-8-6-4-2)39(40)43-37(32-41-30-33-24-18-16-19-25-33)38(35)42-31-34-26-20-17-21-27-34/h16-21,24-27,35-38H,3-15,22-23,28-32H2,1-2H3/t35-,36-,37-,38+/m1/s1. The monoisotopic (exact) mass is 592 g/mol. The van der Waals surface area contributed by atoms with Crippen molar-refractivity contribution in [1.82, 2.24) is 0 Å². The van der Waals surface area contributed by atoms with Gasteiger partial charge in [-0.2, -0.15) is 0 Å². The van der Waals surface area contributed by atoms with Crippen LogP contribution in [-0.2, 0) is 32.2 Å². The molecule has 0 radical (unpaired) electrons. The van der Waals surface area contributed by atoms with E-state index in [-0.39, 0.29) is 30.0 Å². The number of unbranched alkanes of at least 4 members (excludes halogenated alkanes) is 13. The van der Waals surface area contributed by atoms with Gasteiger partial charge in [0.1, 0.15) is 6.10 Å². The molecule has 1 heterocycles. The van der Waals surface area contributed by atoms with E-state index in [1.165, 1.54) is 83.5 Å². The van der Waals surface area contributed by atoms with E-state index in [4.69, 9.17) is 14.2 Å². The van der Waals surface area contributed by atoms with E-state index in [1.54, 1.807) is 0 Å². The molecule has 1 aliphatic heterocycles. The summed E-state index contributed by atoms with van der Waals surface area (Å²) in [6.07, 6.45) is 20.6. The Hall–Kier alpha value is -2.17. The molecule has 0 aliphatic carbocycles. The molecule has 0 N–H and O–H groups in total. The Morgan fingerprint density at radius 2 is 1.09 bits per heavy atom. The molecule has 1 fully saturated rings. The maximum absolute atomic E-state index is 13.5. The molecule has 1 aliphatic rings. The molecular weight excluding hydrogens is 532 g/mol. The number of ether oxygens (including phenoxy) is 3. The van der Waals surface area contributed by atoms with E-state index in [0.717, 1.165) is 36.8 Å². The molecule has 0 saturated carbocycles. The molecule has 1 saturated heterocycles. The van der Waals surface area contributed by atoms with Gasteiger partial charge < -0.3 is 14.2 Å². The first-order valence-corrected chi connectivity index (χ1v) is 17.7. The summed E-state index contributed by atoms with van der Waals surface area (Å²) in [6, 6.07) is 20.6. The van der Waals surface area contributed by atoms with Crippen molar-refractivity contribution in [1.29, 1.82) is 0 Å². The van der Waals surface area contributed by atoms with Gasteiger partial charge in [-0.1, -0.05) is 171 Å². The van der Waals surface area contributed by atoms with Gasteiger partial charge >= 0.3 is 5.97 Å². The summed E-state index contributed by atoms with van der Waals surface area (Å²) < 4.78 is 19.0. The van der Waals surface area contributed by atoms with Crippen molar-refractivity contribution < 1.29 is 19.0 Å². The van der Waals surface area contributed by atoms with Gasteiger partial charge in [0, 0.05) is 5.92 Å². The van der Waals surface area contributed by atoms with Crippen molar-refractivity contribution in [3.05, 3.63) is 71.8 Å². The second kappa shape index (κ2) is 22.4.